The lowest BCUT2D eigenvalue weighted by atomic mass is 9.77. The molecule has 1 aliphatic rings. The van der Waals surface area contributed by atoms with Crippen molar-refractivity contribution in [3.05, 3.63) is 29.3 Å². The highest BCUT2D eigenvalue weighted by atomic mass is 16.5. The first kappa shape index (κ1) is 16.8. The van der Waals surface area contributed by atoms with Crippen molar-refractivity contribution in [2.24, 2.45) is 5.73 Å². The van der Waals surface area contributed by atoms with E-state index in [1.54, 1.807) is 7.11 Å². The van der Waals surface area contributed by atoms with E-state index in [0.29, 0.717) is 13.1 Å². The molecule has 1 saturated carbocycles. The van der Waals surface area contributed by atoms with Gasteiger partial charge in [-0.05, 0) is 56.3 Å². The van der Waals surface area contributed by atoms with Crippen LogP contribution in [0.5, 0.6) is 5.75 Å². The number of hydrogen-bond donors (Lipinski definition) is 2. The van der Waals surface area contributed by atoms with Gasteiger partial charge in [-0.25, -0.2) is 0 Å². The number of methoxy groups -OCH3 is 1. The van der Waals surface area contributed by atoms with Crippen LogP contribution in [-0.2, 0) is 10.2 Å². The minimum absolute atomic E-state index is 0.160. The number of ether oxygens (including phenoxy) is 1. The van der Waals surface area contributed by atoms with E-state index >= 15 is 0 Å². The largest absolute Gasteiger partial charge is 0.496 e. The zero-order valence-electron chi connectivity index (χ0n) is 13.8. The van der Waals surface area contributed by atoms with Crippen LogP contribution in [0.25, 0.3) is 0 Å². The Balaban J connectivity index is 2.19. The molecule has 0 saturated heterocycles. The summed E-state index contributed by atoms with van der Waals surface area (Å²) in [6, 6.07) is 6.18. The second-order valence-electron chi connectivity index (χ2n) is 6.23. The molecule has 0 spiro atoms. The van der Waals surface area contributed by atoms with Crippen LogP contribution >= 0.6 is 0 Å². The molecule has 1 aliphatic carbocycles. The highest BCUT2D eigenvalue weighted by Crippen LogP contribution is 2.42. The van der Waals surface area contributed by atoms with Gasteiger partial charge in [0.05, 0.1) is 12.5 Å². The summed E-state index contributed by atoms with van der Waals surface area (Å²) in [5, 5.41) is 3.12. The standard InChI is InChI=1S/C18H28N2O2/c1-14-7-8-15(13-16(14)22-2)18(9-3-4-10-18)17(21)20-12-6-5-11-19/h7-8,13H,3-6,9-12,19H2,1-2H3,(H,20,21). The number of hydrogen-bond acceptors (Lipinski definition) is 3. The molecule has 0 heterocycles. The first-order valence-electron chi connectivity index (χ1n) is 8.27. The zero-order valence-corrected chi connectivity index (χ0v) is 13.8. The number of carbonyl (C=O) groups is 1. The Hall–Kier alpha value is -1.55. The second-order valence-corrected chi connectivity index (χ2v) is 6.23. The van der Waals surface area contributed by atoms with Gasteiger partial charge >= 0.3 is 0 Å². The summed E-state index contributed by atoms with van der Waals surface area (Å²) < 4.78 is 5.44. The van der Waals surface area contributed by atoms with E-state index in [2.05, 4.69) is 17.4 Å². The van der Waals surface area contributed by atoms with Crippen LogP contribution in [0, 0.1) is 6.92 Å². The Morgan fingerprint density at radius 2 is 2.05 bits per heavy atom. The molecule has 0 aromatic heterocycles. The normalized spacial score (nSPS) is 16.5. The number of amides is 1. The minimum Gasteiger partial charge on any atom is -0.496 e. The number of unbranched alkanes of at least 4 members (excludes halogenated alkanes) is 1. The average Bonchev–Trinajstić information content (AvgIpc) is 3.02. The quantitative estimate of drug-likeness (QED) is 0.761. The summed E-state index contributed by atoms with van der Waals surface area (Å²) in [7, 11) is 1.68. The number of nitrogens with two attached hydrogens (primary N) is 1. The van der Waals surface area contributed by atoms with Gasteiger partial charge in [0.1, 0.15) is 5.75 Å². The molecule has 0 unspecified atom stereocenters. The number of benzene rings is 1. The smallest absolute Gasteiger partial charge is 0.230 e. The van der Waals surface area contributed by atoms with Gasteiger partial charge in [-0.3, -0.25) is 4.79 Å². The predicted octanol–water partition coefficient (Wildman–Crippen LogP) is 2.67. The number of aryl methyl sites for hydroxylation is 1. The second kappa shape index (κ2) is 7.63. The molecule has 122 valence electrons. The summed E-state index contributed by atoms with van der Waals surface area (Å²) >= 11 is 0. The van der Waals surface area contributed by atoms with Crippen LogP contribution < -0.4 is 15.8 Å². The first-order valence-corrected chi connectivity index (χ1v) is 8.27. The maximum atomic E-state index is 12.8. The summed E-state index contributed by atoms with van der Waals surface area (Å²) in [5.74, 6) is 1.02. The van der Waals surface area contributed by atoms with Crippen LogP contribution in [-0.4, -0.2) is 26.1 Å². The van der Waals surface area contributed by atoms with E-state index in [9.17, 15) is 4.79 Å². The summed E-state index contributed by atoms with van der Waals surface area (Å²) in [6.45, 7) is 3.41. The number of carbonyl (C=O) groups excluding carboxylic acids is 1. The van der Waals surface area contributed by atoms with Gasteiger partial charge < -0.3 is 15.8 Å². The van der Waals surface area contributed by atoms with Crippen LogP contribution in [0.15, 0.2) is 18.2 Å². The van der Waals surface area contributed by atoms with E-state index in [-0.39, 0.29) is 11.3 Å². The molecular weight excluding hydrogens is 276 g/mol. The third-order valence-corrected chi connectivity index (χ3v) is 4.77. The molecule has 3 N–H and O–H groups in total. The third-order valence-electron chi connectivity index (χ3n) is 4.77. The Morgan fingerprint density at radius 3 is 2.68 bits per heavy atom. The zero-order chi connectivity index (χ0) is 16.0. The highest BCUT2D eigenvalue weighted by Gasteiger charge is 2.42. The molecule has 1 amide bonds. The van der Waals surface area contributed by atoms with Gasteiger partial charge in [0.15, 0.2) is 0 Å². The van der Waals surface area contributed by atoms with E-state index in [1.807, 2.05) is 13.0 Å². The Bertz CT molecular complexity index is 508. The van der Waals surface area contributed by atoms with Crippen LogP contribution in [0.2, 0.25) is 0 Å². The lowest BCUT2D eigenvalue weighted by Crippen LogP contribution is -2.43. The monoisotopic (exact) mass is 304 g/mol. The topological polar surface area (TPSA) is 64.3 Å². The summed E-state index contributed by atoms with van der Waals surface area (Å²) in [4.78, 5) is 12.8. The summed E-state index contributed by atoms with van der Waals surface area (Å²) in [5.41, 5.74) is 7.31. The minimum atomic E-state index is -0.385. The van der Waals surface area contributed by atoms with Crippen LogP contribution in [0.4, 0.5) is 0 Å². The fourth-order valence-corrected chi connectivity index (χ4v) is 3.38. The number of nitrogens with one attached hydrogen (secondary N) is 1. The Morgan fingerprint density at radius 1 is 1.32 bits per heavy atom. The fourth-order valence-electron chi connectivity index (χ4n) is 3.38. The van der Waals surface area contributed by atoms with Gasteiger partial charge in [-0.1, -0.05) is 25.0 Å². The van der Waals surface area contributed by atoms with Gasteiger partial charge in [-0.2, -0.15) is 0 Å². The molecule has 1 aromatic carbocycles. The number of rotatable bonds is 7. The van der Waals surface area contributed by atoms with E-state index < -0.39 is 0 Å². The van der Waals surface area contributed by atoms with Crippen molar-refractivity contribution >= 4 is 5.91 Å². The summed E-state index contributed by atoms with van der Waals surface area (Å²) in [6.07, 6.45) is 5.93. The lowest BCUT2D eigenvalue weighted by molar-refractivity contribution is -0.126. The van der Waals surface area contributed by atoms with Crippen molar-refractivity contribution in [3.8, 4) is 5.75 Å². The van der Waals surface area contributed by atoms with Crippen LogP contribution in [0.1, 0.15) is 49.7 Å². The van der Waals surface area contributed by atoms with Gasteiger partial charge in [0.25, 0.3) is 0 Å². The molecule has 2 rings (SSSR count). The molecule has 1 fully saturated rings. The van der Waals surface area contributed by atoms with Crippen molar-refractivity contribution in [2.45, 2.75) is 50.9 Å². The third kappa shape index (κ3) is 3.43. The fraction of sp³-hybridized carbons (Fsp3) is 0.611. The predicted molar refractivity (Wildman–Crippen MR) is 89.2 cm³/mol. The molecule has 0 aliphatic heterocycles. The Kier molecular flexibility index (Phi) is 5.83. The lowest BCUT2D eigenvalue weighted by Gasteiger charge is -2.29. The molecule has 0 bridgehead atoms. The molecule has 0 atom stereocenters. The molecule has 4 heteroatoms. The van der Waals surface area contributed by atoms with Crippen molar-refractivity contribution in [1.29, 1.82) is 0 Å². The van der Waals surface area contributed by atoms with Crippen molar-refractivity contribution < 1.29 is 9.53 Å². The average molecular weight is 304 g/mol. The molecule has 4 nitrogen and oxygen atoms in total. The first-order chi connectivity index (χ1) is 10.6. The van der Waals surface area contributed by atoms with Crippen molar-refractivity contribution in [1.82, 2.24) is 5.32 Å². The molecule has 22 heavy (non-hydrogen) atoms. The van der Waals surface area contributed by atoms with Crippen molar-refractivity contribution in [2.75, 3.05) is 20.2 Å². The van der Waals surface area contributed by atoms with Gasteiger partial charge in [0, 0.05) is 6.54 Å². The van der Waals surface area contributed by atoms with E-state index in [0.717, 1.165) is 55.4 Å². The molecule has 0 radical (unpaired) electrons. The SMILES string of the molecule is COc1cc(C2(C(=O)NCCCCN)CCCC2)ccc1C. The Labute approximate surface area is 133 Å². The molecular formula is C18H28N2O2. The maximum Gasteiger partial charge on any atom is 0.230 e. The maximum absolute atomic E-state index is 12.8. The molecule has 1 aromatic rings. The highest BCUT2D eigenvalue weighted by molar-refractivity contribution is 5.88. The van der Waals surface area contributed by atoms with E-state index in [1.165, 1.54) is 0 Å². The van der Waals surface area contributed by atoms with Gasteiger partial charge in [-0.15, -0.1) is 0 Å². The van der Waals surface area contributed by atoms with E-state index in [4.69, 9.17) is 10.5 Å². The van der Waals surface area contributed by atoms with Gasteiger partial charge in [0.2, 0.25) is 5.91 Å². The van der Waals surface area contributed by atoms with Crippen LogP contribution in [0.3, 0.4) is 0 Å². The van der Waals surface area contributed by atoms with Crippen molar-refractivity contribution in [3.63, 3.8) is 0 Å².